The molecule has 3 N–H and O–H groups in total. The normalized spacial score (nSPS) is 10.0. The summed E-state index contributed by atoms with van der Waals surface area (Å²) in [6.45, 7) is 3.67. The van der Waals surface area contributed by atoms with Crippen molar-refractivity contribution < 1.29 is 9.94 Å². The van der Waals surface area contributed by atoms with Crippen LogP contribution in [0.1, 0.15) is 22.3 Å². The van der Waals surface area contributed by atoms with Crippen molar-refractivity contribution >= 4 is 33.4 Å². The van der Waals surface area contributed by atoms with Gasteiger partial charge < -0.3 is 10.1 Å². The van der Waals surface area contributed by atoms with Crippen LogP contribution in [-0.2, 0) is 0 Å². The first-order valence-corrected chi connectivity index (χ1v) is 9.18. The van der Waals surface area contributed by atoms with Gasteiger partial charge in [-0.25, -0.2) is 0 Å². The summed E-state index contributed by atoms with van der Waals surface area (Å²) < 4.78 is 6.31. The second kappa shape index (κ2) is 8.57. The predicted molar refractivity (Wildman–Crippen MR) is 110 cm³/mol. The Balaban J connectivity index is 1.98. The Morgan fingerprint density at radius 1 is 1.00 bits per heavy atom. The highest BCUT2D eigenvalue weighted by molar-refractivity contribution is 9.10. The van der Waals surface area contributed by atoms with Gasteiger partial charge in [0.2, 0.25) is 11.8 Å². The Kier molecular flexibility index (Phi) is 5.93. The number of aryl methyl sites for hydroxylation is 2. The van der Waals surface area contributed by atoms with Gasteiger partial charge in [0.1, 0.15) is 10.2 Å². The Hall–Kier alpha value is -3.66. The summed E-state index contributed by atoms with van der Waals surface area (Å²) >= 11 is 3.33. The fourth-order valence-corrected chi connectivity index (χ4v) is 3.00. The number of hydrogen-bond acceptors (Lipinski definition) is 8. The highest BCUT2D eigenvalue weighted by Crippen LogP contribution is 2.36. The first-order valence-electron chi connectivity index (χ1n) is 8.39. The third-order valence-corrected chi connectivity index (χ3v) is 4.70. The maximum Gasteiger partial charge on any atom is 0.240 e. The molecule has 0 unspecified atom stereocenters. The molecule has 0 radical (unpaired) electrons. The van der Waals surface area contributed by atoms with E-state index in [-0.39, 0.29) is 17.6 Å². The number of halogens is 1. The van der Waals surface area contributed by atoms with Crippen LogP contribution in [0.3, 0.4) is 0 Å². The number of nitrogens with one attached hydrogen (secondary N) is 2. The van der Waals surface area contributed by atoms with E-state index < -0.39 is 0 Å². The lowest BCUT2D eigenvalue weighted by molar-refractivity contribution is 0.383. The molecule has 1 heterocycles. The highest BCUT2D eigenvalue weighted by Gasteiger charge is 2.17. The fourth-order valence-electron chi connectivity index (χ4n) is 2.65. The standard InChI is InChI=1S/C20H15BrN6O2/c1-11-7-14(10-23)8-12(2)17(11)29-19-16(21)18(27-28)25-20(26-19)24-15-5-3-13(9-22)4-6-15/h3-8,28H,1-2H3,(H2,24,25,26,27). The lowest BCUT2D eigenvalue weighted by atomic mass is 10.1. The number of nitriles is 2. The maximum atomic E-state index is 9.42. The van der Waals surface area contributed by atoms with Crippen molar-refractivity contribution in [1.82, 2.24) is 9.97 Å². The van der Waals surface area contributed by atoms with E-state index in [1.807, 2.05) is 19.3 Å². The van der Waals surface area contributed by atoms with Crippen molar-refractivity contribution in [3.8, 4) is 23.8 Å². The van der Waals surface area contributed by atoms with Crippen LogP contribution in [0.2, 0.25) is 0 Å². The quantitative estimate of drug-likeness (QED) is 0.466. The number of anilines is 3. The summed E-state index contributed by atoms with van der Waals surface area (Å²) in [5, 5.41) is 30.4. The molecule has 0 aliphatic heterocycles. The van der Waals surface area contributed by atoms with E-state index in [2.05, 4.69) is 43.4 Å². The molecule has 3 rings (SSSR count). The van der Waals surface area contributed by atoms with Crippen molar-refractivity contribution in [2.75, 3.05) is 10.8 Å². The van der Waals surface area contributed by atoms with Crippen LogP contribution in [-0.4, -0.2) is 15.2 Å². The average molecular weight is 451 g/mol. The maximum absolute atomic E-state index is 9.42. The molecule has 0 spiro atoms. The molecule has 0 amide bonds. The Bertz CT molecular complexity index is 1130. The second-order valence-corrected chi connectivity index (χ2v) is 6.89. The highest BCUT2D eigenvalue weighted by atomic mass is 79.9. The monoisotopic (exact) mass is 450 g/mol. The van der Waals surface area contributed by atoms with E-state index in [9.17, 15) is 5.21 Å². The van der Waals surface area contributed by atoms with Crippen molar-refractivity contribution in [3.05, 3.63) is 63.1 Å². The summed E-state index contributed by atoms with van der Waals surface area (Å²) in [5.41, 5.74) is 5.27. The molecule has 8 nitrogen and oxygen atoms in total. The van der Waals surface area contributed by atoms with Gasteiger partial charge in [-0.05, 0) is 77.3 Å². The molecule has 0 saturated heterocycles. The second-order valence-electron chi connectivity index (χ2n) is 6.09. The van der Waals surface area contributed by atoms with Gasteiger partial charge in [0.05, 0.1) is 23.3 Å². The van der Waals surface area contributed by atoms with E-state index >= 15 is 0 Å². The number of nitrogens with zero attached hydrogens (tertiary/aromatic N) is 4. The van der Waals surface area contributed by atoms with E-state index in [1.54, 1.807) is 36.4 Å². The minimum absolute atomic E-state index is 0.107. The molecule has 0 aliphatic carbocycles. The van der Waals surface area contributed by atoms with E-state index in [1.165, 1.54) is 0 Å². The van der Waals surface area contributed by atoms with Gasteiger partial charge in [0.15, 0.2) is 5.82 Å². The molecule has 0 saturated carbocycles. The number of benzene rings is 2. The first-order chi connectivity index (χ1) is 13.9. The van der Waals surface area contributed by atoms with Crippen LogP contribution >= 0.6 is 15.9 Å². The van der Waals surface area contributed by atoms with Gasteiger partial charge in [-0.1, -0.05) is 0 Å². The lowest BCUT2D eigenvalue weighted by Gasteiger charge is -2.15. The summed E-state index contributed by atoms with van der Waals surface area (Å²) in [7, 11) is 0. The SMILES string of the molecule is Cc1cc(C#N)cc(C)c1Oc1nc(Nc2ccc(C#N)cc2)nc(NO)c1Br. The molecule has 9 heteroatoms. The van der Waals surface area contributed by atoms with Crippen LogP contribution in [0, 0.1) is 36.5 Å². The molecule has 3 aromatic rings. The third kappa shape index (κ3) is 4.43. The van der Waals surface area contributed by atoms with Crippen molar-refractivity contribution in [2.45, 2.75) is 13.8 Å². The summed E-state index contributed by atoms with van der Waals surface area (Å²) in [4.78, 5) is 8.55. The van der Waals surface area contributed by atoms with Gasteiger partial charge >= 0.3 is 0 Å². The third-order valence-electron chi connectivity index (χ3n) is 3.99. The summed E-state index contributed by atoms with van der Waals surface area (Å²) in [6, 6.07) is 14.3. The molecule has 0 bridgehead atoms. The Labute approximate surface area is 175 Å². The van der Waals surface area contributed by atoms with Gasteiger partial charge in [0, 0.05) is 5.69 Å². The summed E-state index contributed by atoms with van der Waals surface area (Å²) in [6.07, 6.45) is 0. The molecule has 2 aromatic carbocycles. The van der Waals surface area contributed by atoms with E-state index in [0.29, 0.717) is 27.0 Å². The van der Waals surface area contributed by atoms with Crippen LogP contribution < -0.4 is 15.5 Å². The minimum atomic E-state index is 0.107. The van der Waals surface area contributed by atoms with Gasteiger partial charge in [0.25, 0.3) is 0 Å². The average Bonchev–Trinajstić information content (AvgIpc) is 2.72. The molecule has 0 fully saturated rings. The van der Waals surface area contributed by atoms with Crippen LogP contribution in [0.4, 0.5) is 17.5 Å². The summed E-state index contributed by atoms with van der Waals surface area (Å²) in [5.74, 6) is 1.00. The van der Waals surface area contributed by atoms with Crippen LogP contribution in [0.25, 0.3) is 0 Å². The lowest BCUT2D eigenvalue weighted by Crippen LogP contribution is -2.05. The molecule has 29 heavy (non-hydrogen) atoms. The van der Waals surface area contributed by atoms with Crippen molar-refractivity contribution in [3.63, 3.8) is 0 Å². The van der Waals surface area contributed by atoms with Crippen LogP contribution in [0.5, 0.6) is 11.6 Å². The van der Waals surface area contributed by atoms with E-state index in [0.717, 1.165) is 11.1 Å². The number of hydrogen-bond donors (Lipinski definition) is 3. The van der Waals surface area contributed by atoms with Crippen molar-refractivity contribution in [1.29, 1.82) is 10.5 Å². The van der Waals surface area contributed by atoms with Crippen LogP contribution in [0.15, 0.2) is 40.9 Å². The number of rotatable bonds is 5. The van der Waals surface area contributed by atoms with Crippen molar-refractivity contribution in [2.24, 2.45) is 0 Å². The van der Waals surface area contributed by atoms with Gasteiger partial charge in [-0.3, -0.25) is 10.7 Å². The molecular weight excluding hydrogens is 436 g/mol. The van der Waals surface area contributed by atoms with E-state index in [4.69, 9.17) is 15.3 Å². The van der Waals surface area contributed by atoms with Gasteiger partial charge in [-0.2, -0.15) is 20.5 Å². The largest absolute Gasteiger partial charge is 0.437 e. The predicted octanol–water partition coefficient (Wildman–Crippen LogP) is 4.94. The zero-order chi connectivity index (χ0) is 21.0. The number of aromatic nitrogens is 2. The first kappa shape index (κ1) is 20.1. The topological polar surface area (TPSA) is 127 Å². The zero-order valence-corrected chi connectivity index (χ0v) is 17.1. The van der Waals surface area contributed by atoms with Gasteiger partial charge in [-0.15, -0.1) is 0 Å². The Morgan fingerprint density at radius 3 is 2.17 bits per heavy atom. The molecule has 144 valence electrons. The fraction of sp³-hybridized carbons (Fsp3) is 0.100. The Morgan fingerprint density at radius 2 is 1.62 bits per heavy atom. The molecular formula is C20H15BrN6O2. The number of ether oxygens (including phenoxy) is 1. The molecule has 0 aliphatic rings. The molecule has 0 atom stereocenters. The zero-order valence-electron chi connectivity index (χ0n) is 15.5. The smallest absolute Gasteiger partial charge is 0.240 e. The molecule has 1 aromatic heterocycles. The minimum Gasteiger partial charge on any atom is -0.437 e.